The summed E-state index contributed by atoms with van der Waals surface area (Å²) >= 11 is 0. The van der Waals surface area contributed by atoms with Crippen molar-refractivity contribution in [1.82, 2.24) is 4.98 Å². The Bertz CT molecular complexity index is 472. The topological polar surface area (TPSA) is 114 Å². The first-order valence-corrected chi connectivity index (χ1v) is 6.37. The molecule has 1 aromatic rings. The molecule has 0 atom stereocenters. The van der Waals surface area contributed by atoms with E-state index < -0.39 is 10.5 Å². The van der Waals surface area contributed by atoms with Gasteiger partial charge >= 0.3 is 5.69 Å². The van der Waals surface area contributed by atoms with Crippen LogP contribution >= 0.6 is 0 Å². The number of aliphatic hydroxyl groups is 1. The number of anilines is 2. The maximum atomic E-state index is 10.6. The molecule has 4 N–H and O–H groups in total. The van der Waals surface area contributed by atoms with Crippen LogP contribution in [-0.2, 0) is 0 Å². The van der Waals surface area contributed by atoms with Gasteiger partial charge in [-0.2, -0.15) is 0 Å². The number of hydrogen-bond acceptors (Lipinski definition) is 6. The summed E-state index contributed by atoms with van der Waals surface area (Å²) < 4.78 is 0. The number of hydrogen-bond donors (Lipinski definition) is 3. The quantitative estimate of drug-likeness (QED) is 0.564. The molecule has 0 unspecified atom stereocenters. The largest absolute Gasteiger partial charge is 0.388 e. The molecule has 0 aliphatic heterocycles. The third-order valence-corrected chi connectivity index (χ3v) is 3.48. The lowest BCUT2D eigenvalue weighted by atomic mass is 9.85. The fraction of sp³-hybridized carbons (Fsp3) is 0.583. The minimum Gasteiger partial charge on any atom is -0.388 e. The fourth-order valence-corrected chi connectivity index (χ4v) is 2.36. The van der Waals surface area contributed by atoms with E-state index in [2.05, 4.69) is 10.3 Å². The van der Waals surface area contributed by atoms with E-state index in [1.807, 2.05) is 0 Å². The Kier molecular flexibility index (Phi) is 3.84. The van der Waals surface area contributed by atoms with Crippen LogP contribution in [0.5, 0.6) is 0 Å². The van der Waals surface area contributed by atoms with Crippen LogP contribution < -0.4 is 11.1 Å². The van der Waals surface area contributed by atoms with Gasteiger partial charge < -0.3 is 16.2 Å². The Balaban J connectivity index is 2.00. The molecule has 1 saturated carbocycles. The van der Waals surface area contributed by atoms with Gasteiger partial charge in [-0.05, 0) is 18.9 Å². The van der Waals surface area contributed by atoms with Crippen molar-refractivity contribution in [2.24, 2.45) is 0 Å². The van der Waals surface area contributed by atoms with Crippen LogP contribution in [0.1, 0.15) is 32.1 Å². The van der Waals surface area contributed by atoms with E-state index in [4.69, 9.17) is 5.73 Å². The van der Waals surface area contributed by atoms with Gasteiger partial charge in [0.25, 0.3) is 0 Å². The summed E-state index contributed by atoms with van der Waals surface area (Å²) in [6, 6.07) is 2.82. The molecule has 0 saturated heterocycles. The molecular weight excluding hydrogens is 248 g/mol. The molecule has 0 bridgehead atoms. The summed E-state index contributed by atoms with van der Waals surface area (Å²) in [7, 11) is 0. The zero-order valence-corrected chi connectivity index (χ0v) is 10.6. The van der Waals surface area contributed by atoms with Crippen molar-refractivity contribution in [2.75, 3.05) is 17.6 Å². The summed E-state index contributed by atoms with van der Waals surface area (Å²) in [6.45, 7) is 0.386. The normalized spacial score (nSPS) is 17.9. The zero-order chi connectivity index (χ0) is 13.9. The van der Waals surface area contributed by atoms with E-state index in [9.17, 15) is 15.2 Å². The van der Waals surface area contributed by atoms with Crippen LogP contribution in [0, 0.1) is 10.1 Å². The van der Waals surface area contributed by atoms with Crippen LogP contribution in [0.2, 0.25) is 0 Å². The third kappa shape index (κ3) is 3.31. The summed E-state index contributed by atoms with van der Waals surface area (Å²) in [5, 5.41) is 23.9. The van der Waals surface area contributed by atoms with E-state index in [-0.39, 0.29) is 11.5 Å². The molecule has 1 aliphatic carbocycles. The van der Waals surface area contributed by atoms with Crippen LogP contribution in [0.15, 0.2) is 12.1 Å². The number of aromatic nitrogens is 1. The van der Waals surface area contributed by atoms with Gasteiger partial charge in [-0.3, -0.25) is 10.1 Å². The molecule has 2 rings (SSSR count). The highest BCUT2D eigenvalue weighted by Crippen LogP contribution is 2.28. The highest BCUT2D eigenvalue weighted by molar-refractivity contribution is 5.57. The van der Waals surface area contributed by atoms with E-state index in [0.29, 0.717) is 12.4 Å². The van der Waals surface area contributed by atoms with Crippen LogP contribution in [0.4, 0.5) is 17.3 Å². The molecule has 0 radical (unpaired) electrons. The second-order valence-electron chi connectivity index (χ2n) is 5.00. The Labute approximate surface area is 111 Å². The first-order chi connectivity index (χ1) is 9.00. The zero-order valence-electron chi connectivity index (χ0n) is 10.6. The molecule has 1 aromatic heterocycles. The van der Waals surface area contributed by atoms with Crippen molar-refractivity contribution in [3.8, 4) is 0 Å². The van der Waals surface area contributed by atoms with Crippen LogP contribution in [-0.4, -0.2) is 27.2 Å². The van der Waals surface area contributed by atoms with Crippen molar-refractivity contribution in [3.63, 3.8) is 0 Å². The van der Waals surface area contributed by atoms with E-state index in [1.54, 1.807) is 0 Å². The van der Waals surface area contributed by atoms with Gasteiger partial charge in [0.15, 0.2) is 0 Å². The molecule has 104 valence electrons. The highest BCUT2D eigenvalue weighted by atomic mass is 16.6. The Morgan fingerprint density at radius 1 is 1.42 bits per heavy atom. The predicted octanol–water partition coefficient (Wildman–Crippen LogP) is 1.68. The standard InChI is InChI=1S/C12H18N4O3/c13-11-9(16(18)19)4-5-10(15-11)14-8-12(17)6-2-1-3-7-12/h4-5,17H,1-3,6-8H2,(H3,13,14,15). The predicted molar refractivity (Wildman–Crippen MR) is 71.8 cm³/mol. The van der Waals surface area contributed by atoms with Crippen molar-refractivity contribution >= 4 is 17.3 Å². The first-order valence-electron chi connectivity index (χ1n) is 6.37. The summed E-state index contributed by atoms with van der Waals surface area (Å²) in [5.41, 5.74) is 4.59. The summed E-state index contributed by atoms with van der Waals surface area (Å²) in [4.78, 5) is 14.0. The molecule has 0 aromatic carbocycles. The molecule has 0 amide bonds. The molecule has 19 heavy (non-hydrogen) atoms. The minimum atomic E-state index is -0.712. The lowest BCUT2D eigenvalue weighted by Gasteiger charge is -2.32. The number of nitrogens with two attached hydrogens (primary N) is 1. The van der Waals surface area contributed by atoms with Crippen molar-refractivity contribution in [2.45, 2.75) is 37.7 Å². The van der Waals surface area contributed by atoms with Crippen molar-refractivity contribution in [1.29, 1.82) is 0 Å². The second-order valence-corrected chi connectivity index (χ2v) is 5.00. The number of nitrogens with zero attached hydrogens (tertiary/aromatic N) is 2. The third-order valence-electron chi connectivity index (χ3n) is 3.48. The average molecular weight is 266 g/mol. The van der Waals surface area contributed by atoms with Crippen molar-refractivity contribution in [3.05, 3.63) is 22.2 Å². The van der Waals surface area contributed by atoms with E-state index >= 15 is 0 Å². The first kappa shape index (κ1) is 13.5. The molecule has 0 spiro atoms. The fourth-order valence-electron chi connectivity index (χ4n) is 2.36. The van der Waals surface area contributed by atoms with Crippen LogP contribution in [0.3, 0.4) is 0 Å². The molecule has 1 aliphatic rings. The smallest absolute Gasteiger partial charge is 0.311 e. The maximum Gasteiger partial charge on any atom is 0.311 e. The number of nitrogen functional groups attached to an aromatic ring is 1. The van der Waals surface area contributed by atoms with E-state index in [1.165, 1.54) is 12.1 Å². The van der Waals surface area contributed by atoms with Crippen LogP contribution in [0.25, 0.3) is 0 Å². The van der Waals surface area contributed by atoms with Gasteiger partial charge in [-0.25, -0.2) is 4.98 Å². The van der Waals surface area contributed by atoms with Gasteiger partial charge in [-0.1, -0.05) is 19.3 Å². The molecule has 1 heterocycles. The average Bonchev–Trinajstić information content (AvgIpc) is 2.37. The summed E-state index contributed by atoms with van der Waals surface area (Å²) in [6.07, 6.45) is 4.73. The number of rotatable bonds is 4. The molecule has 7 heteroatoms. The Morgan fingerprint density at radius 2 is 2.11 bits per heavy atom. The van der Waals surface area contributed by atoms with Gasteiger partial charge in [0.1, 0.15) is 5.82 Å². The number of nitrogens with one attached hydrogen (secondary N) is 1. The molecule has 1 fully saturated rings. The summed E-state index contributed by atoms with van der Waals surface area (Å²) in [5.74, 6) is 0.327. The highest BCUT2D eigenvalue weighted by Gasteiger charge is 2.29. The molecule has 7 nitrogen and oxygen atoms in total. The van der Waals surface area contributed by atoms with E-state index in [0.717, 1.165) is 32.1 Å². The van der Waals surface area contributed by atoms with Crippen molar-refractivity contribution < 1.29 is 10.0 Å². The SMILES string of the molecule is Nc1nc(NCC2(O)CCCCC2)ccc1[N+](=O)[O-]. The van der Waals surface area contributed by atoms with Gasteiger partial charge in [0.2, 0.25) is 5.82 Å². The number of pyridine rings is 1. The Morgan fingerprint density at radius 3 is 2.68 bits per heavy atom. The number of nitro groups is 1. The van der Waals surface area contributed by atoms with Gasteiger partial charge in [-0.15, -0.1) is 0 Å². The monoisotopic (exact) mass is 266 g/mol. The van der Waals surface area contributed by atoms with Gasteiger partial charge in [0.05, 0.1) is 10.5 Å². The maximum absolute atomic E-state index is 10.6. The lowest BCUT2D eigenvalue weighted by molar-refractivity contribution is -0.384. The lowest BCUT2D eigenvalue weighted by Crippen LogP contribution is -2.38. The molecular formula is C12H18N4O3. The minimum absolute atomic E-state index is 0.120. The Hall–Kier alpha value is -1.89. The second kappa shape index (κ2) is 5.40. The van der Waals surface area contributed by atoms with Gasteiger partial charge in [0, 0.05) is 12.6 Å².